The number of methoxy groups -OCH3 is 1. The third kappa shape index (κ3) is 2.91. The van der Waals surface area contributed by atoms with E-state index in [1.165, 1.54) is 31.6 Å². The maximum Gasteiger partial charge on any atom is 0.273 e. The molecule has 1 N–H and O–H groups in total. The van der Waals surface area contributed by atoms with E-state index in [4.69, 9.17) is 9.47 Å². The quantitative estimate of drug-likeness (QED) is 0.660. The number of non-ortho nitro benzene ring substituents is 1. The van der Waals surface area contributed by atoms with Gasteiger partial charge in [-0.05, 0) is 6.07 Å². The number of ether oxygens (including phenoxy) is 2. The van der Waals surface area contributed by atoms with Crippen LogP contribution in [0.25, 0.3) is 0 Å². The van der Waals surface area contributed by atoms with Gasteiger partial charge in [0.05, 0.1) is 18.1 Å². The number of nitro benzene ring substituents is 1. The van der Waals surface area contributed by atoms with Crippen molar-refractivity contribution in [1.82, 2.24) is 9.97 Å². The van der Waals surface area contributed by atoms with Gasteiger partial charge >= 0.3 is 0 Å². The van der Waals surface area contributed by atoms with Crippen LogP contribution < -0.4 is 14.8 Å². The zero-order valence-electron chi connectivity index (χ0n) is 10.9. The summed E-state index contributed by atoms with van der Waals surface area (Å²) in [6.07, 6.45) is 1.35. The number of hydrogen-bond donors (Lipinski definition) is 1. The Bertz CT molecular complexity index is 633. The number of hydrogen-bond acceptors (Lipinski definition) is 7. The van der Waals surface area contributed by atoms with Crippen molar-refractivity contribution in [3.63, 3.8) is 0 Å². The zero-order chi connectivity index (χ0) is 14.5. The summed E-state index contributed by atoms with van der Waals surface area (Å²) in [7, 11) is 3.13. The summed E-state index contributed by atoms with van der Waals surface area (Å²) >= 11 is 0. The summed E-state index contributed by atoms with van der Waals surface area (Å²) in [5, 5.41) is 13.6. The third-order valence-corrected chi connectivity index (χ3v) is 2.47. The van der Waals surface area contributed by atoms with Crippen molar-refractivity contribution < 1.29 is 14.4 Å². The molecule has 0 aliphatic carbocycles. The summed E-state index contributed by atoms with van der Waals surface area (Å²) < 4.78 is 10.6. The molecule has 1 aromatic heterocycles. The molecule has 0 atom stereocenters. The molecule has 0 aliphatic rings. The van der Waals surface area contributed by atoms with Gasteiger partial charge < -0.3 is 14.8 Å². The number of nitrogens with zero attached hydrogens (tertiary/aromatic N) is 3. The third-order valence-electron chi connectivity index (χ3n) is 2.47. The van der Waals surface area contributed by atoms with Crippen LogP contribution in [0.2, 0.25) is 0 Å². The predicted molar refractivity (Wildman–Crippen MR) is 71.3 cm³/mol. The van der Waals surface area contributed by atoms with Crippen molar-refractivity contribution in [1.29, 1.82) is 0 Å². The maximum atomic E-state index is 10.7. The Morgan fingerprint density at radius 2 is 2.05 bits per heavy atom. The van der Waals surface area contributed by atoms with Crippen LogP contribution in [0.1, 0.15) is 0 Å². The molecule has 0 radical (unpaired) electrons. The van der Waals surface area contributed by atoms with Crippen molar-refractivity contribution in [2.45, 2.75) is 0 Å². The number of aromatic nitrogens is 2. The molecule has 2 aromatic rings. The fourth-order valence-corrected chi connectivity index (χ4v) is 1.50. The summed E-state index contributed by atoms with van der Waals surface area (Å²) in [6.45, 7) is 0. The number of anilines is 1. The van der Waals surface area contributed by atoms with Crippen LogP contribution in [0.3, 0.4) is 0 Å². The second-order valence-corrected chi connectivity index (χ2v) is 3.69. The van der Waals surface area contributed by atoms with Crippen LogP contribution in [0.5, 0.6) is 17.4 Å². The summed E-state index contributed by atoms with van der Waals surface area (Å²) in [5.74, 6) is 1.48. The second kappa shape index (κ2) is 5.83. The second-order valence-electron chi connectivity index (χ2n) is 3.69. The molecule has 20 heavy (non-hydrogen) atoms. The van der Waals surface area contributed by atoms with Gasteiger partial charge in [-0.3, -0.25) is 10.1 Å². The minimum absolute atomic E-state index is 0.0761. The Labute approximate surface area is 114 Å². The average Bonchev–Trinajstić information content (AvgIpc) is 2.47. The Morgan fingerprint density at radius 3 is 2.70 bits per heavy atom. The van der Waals surface area contributed by atoms with Gasteiger partial charge in [0.25, 0.3) is 5.69 Å². The Balaban J connectivity index is 2.30. The van der Waals surface area contributed by atoms with Gasteiger partial charge in [0.2, 0.25) is 5.88 Å². The highest BCUT2D eigenvalue weighted by Gasteiger charge is 2.13. The molecule has 8 nitrogen and oxygen atoms in total. The number of nitro groups is 1. The first-order chi connectivity index (χ1) is 9.63. The summed E-state index contributed by atoms with van der Waals surface area (Å²) in [6, 6.07) is 5.67. The molecule has 104 valence electrons. The first-order valence-corrected chi connectivity index (χ1v) is 5.64. The van der Waals surface area contributed by atoms with Crippen LogP contribution in [0.15, 0.2) is 30.6 Å². The smallest absolute Gasteiger partial charge is 0.273 e. The summed E-state index contributed by atoms with van der Waals surface area (Å²) in [5.41, 5.74) is -0.0761. The van der Waals surface area contributed by atoms with Gasteiger partial charge in [-0.25, -0.2) is 9.97 Å². The molecule has 8 heteroatoms. The lowest BCUT2D eigenvalue weighted by molar-refractivity contribution is -0.384. The Hall–Kier alpha value is -2.90. The molecule has 0 saturated heterocycles. The molecule has 0 aliphatic heterocycles. The SMILES string of the molecule is CNc1cc(Oc2ccc([N+](=O)[O-])cc2OC)ncn1. The topological polar surface area (TPSA) is 99.4 Å². The molecule has 2 rings (SSSR count). The summed E-state index contributed by atoms with van der Waals surface area (Å²) in [4.78, 5) is 18.1. The highest BCUT2D eigenvalue weighted by Crippen LogP contribution is 2.34. The van der Waals surface area contributed by atoms with Crippen molar-refractivity contribution in [2.75, 3.05) is 19.5 Å². The number of rotatable bonds is 5. The Kier molecular flexibility index (Phi) is 3.94. The normalized spacial score (nSPS) is 9.90. The lowest BCUT2D eigenvalue weighted by atomic mass is 10.3. The van der Waals surface area contributed by atoms with Crippen LogP contribution in [-0.4, -0.2) is 29.0 Å². The van der Waals surface area contributed by atoms with E-state index in [0.717, 1.165) is 0 Å². The van der Waals surface area contributed by atoms with Gasteiger partial charge in [-0.1, -0.05) is 0 Å². The van der Waals surface area contributed by atoms with Crippen molar-refractivity contribution in [3.05, 3.63) is 40.7 Å². The first-order valence-electron chi connectivity index (χ1n) is 5.64. The van der Waals surface area contributed by atoms with Gasteiger partial charge in [0, 0.05) is 19.2 Å². The molecule has 0 spiro atoms. The van der Waals surface area contributed by atoms with Crippen LogP contribution in [0, 0.1) is 10.1 Å². The molecule has 0 saturated carbocycles. The maximum absolute atomic E-state index is 10.7. The predicted octanol–water partition coefficient (Wildman–Crippen LogP) is 2.23. The highest BCUT2D eigenvalue weighted by molar-refractivity contribution is 5.50. The van der Waals surface area contributed by atoms with Crippen LogP contribution >= 0.6 is 0 Å². The van der Waals surface area contributed by atoms with E-state index in [9.17, 15) is 10.1 Å². The van der Waals surface area contributed by atoms with Crippen LogP contribution in [-0.2, 0) is 0 Å². The fraction of sp³-hybridized carbons (Fsp3) is 0.167. The highest BCUT2D eigenvalue weighted by atomic mass is 16.6. The minimum Gasteiger partial charge on any atom is -0.493 e. The molecule has 0 fully saturated rings. The van der Waals surface area contributed by atoms with Gasteiger partial charge in [-0.2, -0.15) is 0 Å². The van der Waals surface area contributed by atoms with E-state index in [2.05, 4.69) is 15.3 Å². The van der Waals surface area contributed by atoms with E-state index >= 15 is 0 Å². The van der Waals surface area contributed by atoms with Crippen molar-refractivity contribution >= 4 is 11.5 Å². The largest absolute Gasteiger partial charge is 0.493 e. The fourth-order valence-electron chi connectivity index (χ4n) is 1.50. The Morgan fingerprint density at radius 1 is 1.25 bits per heavy atom. The molecule has 1 heterocycles. The van der Waals surface area contributed by atoms with Crippen LogP contribution in [0.4, 0.5) is 11.5 Å². The number of nitrogens with one attached hydrogen (secondary N) is 1. The molecule has 1 aromatic carbocycles. The van der Waals surface area contributed by atoms with E-state index in [1.807, 2.05) is 0 Å². The monoisotopic (exact) mass is 276 g/mol. The lowest BCUT2D eigenvalue weighted by Gasteiger charge is -2.09. The minimum atomic E-state index is -0.504. The van der Waals surface area contributed by atoms with Gasteiger partial charge in [0.1, 0.15) is 12.1 Å². The van der Waals surface area contributed by atoms with Crippen molar-refractivity contribution in [2.24, 2.45) is 0 Å². The standard InChI is InChI=1S/C12H12N4O4/c1-13-11-6-12(15-7-14-11)20-9-4-3-8(16(17)18)5-10(9)19-2/h3-7H,1-2H3,(H,13,14,15). The average molecular weight is 276 g/mol. The van der Waals surface area contributed by atoms with Gasteiger partial charge in [0.15, 0.2) is 11.5 Å². The first kappa shape index (κ1) is 13.5. The molecule has 0 unspecified atom stereocenters. The zero-order valence-corrected chi connectivity index (χ0v) is 10.9. The van der Waals surface area contributed by atoms with Gasteiger partial charge in [-0.15, -0.1) is 0 Å². The molecule has 0 amide bonds. The van der Waals surface area contributed by atoms with E-state index in [0.29, 0.717) is 17.4 Å². The lowest BCUT2D eigenvalue weighted by Crippen LogP contribution is -1.97. The van der Waals surface area contributed by atoms with E-state index in [1.54, 1.807) is 13.1 Å². The molecule has 0 bridgehead atoms. The van der Waals surface area contributed by atoms with E-state index in [-0.39, 0.29) is 11.4 Å². The van der Waals surface area contributed by atoms with Crippen molar-refractivity contribution in [3.8, 4) is 17.4 Å². The number of benzene rings is 1. The molecular weight excluding hydrogens is 264 g/mol. The van der Waals surface area contributed by atoms with E-state index < -0.39 is 4.92 Å². The molecular formula is C12H12N4O4.